The Morgan fingerprint density at radius 3 is 2.19 bits per heavy atom. The molecule has 21 heavy (non-hydrogen) atoms. The third-order valence-corrected chi connectivity index (χ3v) is 3.51. The van der Waals surface area contributed by atoms with Crippen LogP contribution in [0.1, 0.15) is 52.7 Å². The van der Waals surface area contributed by atoms with Gasteiger partial charge >= 0.3 is 6.03 Å². The zero-order valence-corrected chi connectivity index (χ0v) is 14.7. The molecule has 0 aliphatic rings. The molecule has 2 N–H and O–H groups in total. The van der Waals surface area contributed by atoms with Crippen molar-refractivity contribution in [3.63, 3.8) is 0 Å². The highest BCUT2D eigenvalue weighted by molar-refractivity contribution is 6.18. The molecule has 0 bridgehead atoms. The smallest absolute Gasteiger partial charge is 0.319 e. The first-order chi connectivity index (χ1) is 9.55. The topological polar surface area (TPSA) is 41.1 Å². The van der Waals surface area contributed by atoms with Gasteiger partial charge in [-0.1, -0.05) is 53.7 Å². The van der Waals surface area contributed by atoms with Crippen molar-refractivity contribution < 1.29 is 4.79 Å². The van der Waals surface area contributed by atoms with Gasteiger partial charge in [0.25, 0.3) is 0 Å². The number of hydrogen-bond acceptors (Lipinski definition) is 1. The number of anilines is 1. The lowest BCUT2D eigenvalue weighted by molar-refractivity contribution is 0.252. The summed E-state index contributed by atoms with van der Waals surface area (Å²) in [6, 6.07) is 6.10. The highest BCUT2D eigenvalue weighted by Gasteiger charge is 2.22. The molecular weight excluding hydrogens is 284 g/mol. The van der Waals surface area contributed by atoms with Gasteiger partial charge in [-0.3, -0.25) is 0 Å². The maximum absolute atomic E-state index is 11.9. The van der Waals surface area contributed by atoms with E-state index in [4.69, 9.17) is 11.6 Å². The largest absolute Gasteiger partial charge is 0.337 e. The second-order valence-electron chi connectivity index (χ2n) is 7.33. The molecule has 1 aromatic carbocycles. The molecule has 0 heterocycles. The molecule has 0 aliphatic carbocycles. The number of amides is 2. The lowest BCUT2D eigenvalue weighted by atomic mass is 9.81. The van der Waals surface area contributed by atoms with Crippen molar-refractivity contribution in [1.82, 2.24) is 5.32 Å². The third-order valence-electron chi connectivity index (χ3n) is 3.32. The summed E-state index contributed by atoms with van der Waals surface area (Å²) in [5.74, 6) is 0.404. The van der Waals surface area contributed by atoms with Gasteiger partial charge in [0.1, 0.15) is 0 Å². The highest BCUT2D eigenvalue weighted by atomic mass is 35.5. The van der Waals surface area contributed by atoms with Crippen molar-refractivity contribution in [2.75, 3.05) is 17.7 Å². The summed E-state index contributed by atoms with van der Waals surface area (Å²) in [7, 11) is 0. The van der Waals surface area contributed by atoms with E-state index in [-0.39, 0.29) is 16.9 Å². The normalized spacial score (nSPS) is 12.1. The molecule has 4 heteroatoms. The number of halogens is 1. The molecule has 0 atom stereocenters. The molecule has 0 aliphatic heterocycles. The number of carbonyl (C=O) groups is 1. The highest BCUT2D eigenvalue weighted by Crippen LogP contribution is 2.33. The standard InChI is InChI=1S/C17H27ClN2O/c1-16(2,3)12-7-8-13(17(4,5)6)14(11-12)20-15(21)19-10-9-18/h7-8,11H,9-10H2,1-6H3,(H2,19,20,21). The van der Waals surface area contributed by atoms with E-state index < -0.39 is 0 Å². The van der Waals surface area contributed by atoms with Crippen LogP contribution in [0.5, 0.6) is 0 Å². The van der Waals surface area contributed by atoms with E-state index >= 15 is 0 Å². The van der Waals surface area contributed by atoms with Crippen molar-refractivity contribution in [2.24, 2.45) is 0 Å². The summed E-state index contributed by atoms with van der Waals surface area (Å²) in [4.78, 5) is 11.9. The molecule has 2 amide bonds. The molecule has 1 rings (SSSR count). The number of nitrogens with one attached hydrogen (secondary N) is 2. The Hall–Kier alpha value is -1.22. The summed E-state index contributed by atoms with van der Waals surface area (Å²) >= 11 is 5.60. The molecule has 118 valence electrons. The van der Waals surface area contributed by atoms with Gasteiger partial charge in [0.15, 0.2) is 0 Å². The van der Waals surface area contributed by atoms with Crippen LogP contribution in [0.25, 0.3) is 0 Å². The predicted molar refractivity (Wildman–Crippen MR) is 91.6 cm³/mol. The van der Waals surface area contributed by atoms with Crippen molar-refractivity contribution in [1.29, 1.82) is 0 Å². The number of hydrogen-bond donors (Lipinski definition) is 2. The minimum absolute atomic E-state index is 0.0362. The Balaban J connectivity index is 3.15. The van der Waals surface area contributed by atoms with Crippen LogP contribution in [0, 0.1) is 0 Å². The number of urea groups is 1. The number of alkyl halides is 1. The van der Waals surface area contributed by atoms with Crippen LogP contribution in [-0.4, -0.2) is 18.5 Å². The van der Waals surface area contributed by atoms with Crippen molar-refractivity contribution in [3.8, 4) is 0 Å². The van der Waals surface area contributed by atoms with Crippen LogP contribution >= 0.6 is 11.6 Å². The first kappa shape index (κ1) is 17.8. The van der Waals surface area contributed by atoms with E-state index in [0.29, 0.717) is 12.4 Å². The van der Waals surface area contributed by atoms with E-state index in [9.17, 15) is 4.79 Å². The molecule has 0 fully saturated rings. The molecule has 0 saturated carbocycles. The van der Waals surface area contributed by atoms with Crippen LogP contribution in [-0.2, 0) is 10.8 Å². The van der Waals surface area contributed by atoms with Gasteiger partial charge in [-0.15, -0.1) is 11.6 Å². The zero-order chi connectivity index (χ0) is 16.3. The SMILES string of the molecule is CC(C)(C)c1ccc(C(C)(C)C)c(NC(=O)NCCCl)c1. The second kappa shape index (κ2) is 6.69. The van der Waals surface area contributed by atoms with E-state index in [1.807, 2.05) is 0 Å². The Labute approximate surface area is 133 Å². The Kier molecular flexibility index (Phi) is 5.68. The molecule has 0 aromatic heterocycles. The Morgan fingerprint density at radius 2 is 1.71 bits per heavy atom. The van der Waals surface area contributed by atoms with Gasteiger partial charge in [-0.2, -0.15) is 0 Å². The molecule has 0 radical (unpaired) electrons. The fourth-order valence-electron chi connectivity index (χ4n) is 2.10. The first-order valence-corrected chi connectivity index (χ1v) is 7.85. The van der Waals surface area contributed by atoms with Crippen molar-refractivity contribution >= 4 is 23.3 Å². The molecule has 0 unspecified atom stereocenters. The second-order valence-corrected chi connectivity index (χ2v) is 7.71. The average molecular weight is 311 g/mol. The number of carbonyl (C=O) groups excluding carboxylic acids is 1. The summed E-state index contributed by atoms with van der Waals surface area (Å²) in [5.41, 5.74) is 3.19. The summed E-state index contributed by atoms with van der Waals surface area (Å²) in [6.07, 6.45) is 0. The van der Waals surface area contributed by atoms with Crippen LogP contribution in [0.3, 0.4) is 0 Å². The monoisotopic (exact) mass is 310 g/mol. The van der Waals surface area contributed by atoms with Gasteiger partial charge in [-0.05, 0) is 28.0 Å². The molecule has 3 nitrogen and oxygen atoms in total. The summed E-state index contributed by atoms with van der Waals surface area (Å²) in [5, 5.41) is 5.69. The predicted octanol–water partition coefficient (Wildman–Crippen LogP) is 4.64. The fourth-order valence-corrected chi connectivity index (χ4v) is 2.19. The summed E-state index contributed by atoms with van der Waals surface area (Å²) < 4.78 is 0. The number of benzene rings is 1. The Bertz CT molecular complexity index is 498. The summed E-state index contributed by atoms with van der Waals surface area (Å²) in [6.45, 7) is 13.4. The van der Waals surface area contributed by atoms with Gasteiger partial charge < -0.3 is 10.6 Å². The quantitative estimate of drug-likeness (QED) is 0.784. The lowest BCUT2D eigenvalue weighted by Crippen LogP contribution is -2.31. The number of rotatable bonds is 3. The van der Waals surface area contributed by atoms with Crippen LogP contribution < -0.4 is 10.6 Å². The Morgan fingerprint density at radius 1 is 1.10 bits per heavy atom. The minimum Gasteiger partial charge on any atom is -0.337 e. The molecular formula is C17H27ClN2O. The van der Waals surface area contributed by atoms with Gasteiger partial charge in [-0.25, -0.2) is 4.79 Å². The first-order valence-electron chi connectivity index (χ1n) is 7.31. The van der Waals surface area contributed by atoms with E-state index in [0.717, 1.165) is 11.3 Å². The van der Waals surface area contributed by atoms with Gasteiger partial charge in [0.2, 0.25) is 0 Å². The van der Waals surface area contributed by atoms with E-state index in [2.05, 4.69) is 70.4 Å². The maximum atomic E-state index is 11.9. The molecule has 1 aromatic rings. The zero-order valence-electron chi connectivity index (χ0n) is 13.9. The minimum atomic E-state index is -0.216. The van der Waals surface area contributed by atoms with Crippen molar-refractivity contribution in [3.05, 3.63) is 29.3 Å². The fraction of sp³-hybridized carbons (Fsp3) is 0.588. The van der Waals surface area contributed by atoms with Gasteiger partial charge in [0.05, 0.1) is 0 Å². The molecule has 0 saturated heterocycles. The maximum Gasteiger partial charge on any atom is 0.319 e. The van der Waals surface area contributed by atoms with E-state index in [1.165, 1.54) is 5.56 Å². The van der Waals surface area contributed by atoms with Crippen molar-refractivity contribution in [2.45, 2.75) is 52.4 Å². The third kappa shape index (κ3) is 5.24. The van der Waals surface area contributed by atoms with E-state index in [1.54, 1.807) is 0 Å². The van der Waals surface area contributed by atoms with Gasteiger partial charge in [0, 0.05) is 18.1 Å². The van der Waals surface area contributed by atoms with Crippen LogP contribution in [0.15, 0.2) is 18.2 Å². The molecule has 0 spiro atoms. The van der Waals surface area contributed by atoms with Crippen LogP contribution in [0.2, 0.25) is 0 Å². The lowest BCUT2D eigenvalue weighted by Gasteiger charge is -2.27. The van der Waals surface area contributed by atoms with Crippen LogP contribution in [0.4, 0.5) is 10.5 Å². The average Bonchev–Trinajstić information content (AvgIpc) is 2.33.